The predicted octanol–water partition coefficient (Wildman–Crippen LogP) is 4.19. The molecule has 1 atom stereocenters. The smallest absolute Gasteiger partial charge is 0.314 e. The normalized spacial score (nSPS) is 19.4. The lowest BCUT2D eigenvalue weighted by Crippen LogP contribution is -2.28. The fraction of sp³-hybridized carbons (Fsp3) is 0.400. The van der Waals surface area contributed by atoms with Gasteiger partial charge in [0.05, 0.1) is 11.8 Å². The van der Waals surface area contributed by atoms with Gasteiger partial charge in [-0.3, -0.25) is 14.4 Å². The van der Waals surface area contributed by atoms with Gasteiger partial charge in [0.25, 0.3) is 0 Å². The Morgan fingerprint density at radius 2 is 1.61 bits per heavy atom. The number of carboxylic acid groups (broad SMARTS) is 1. The Hall–Kier alpha value is -2.99. The fourth-order valence-electron chi connectivity index (χ4n) is 4.08. The van der Waals surface area contributed by atoms with Crippen molar-refractivity contribution >= 4 is 17.7 Å². The summed E-state index contributed by atoms with van der Waals surface area (Å²) in [6, 6.07) is 15.4. The molecule has 1 aliphatic carbocycles. The Balaban J connectivity index is 1.57. The van der Waals surface area contributed by atoms with Gasteiger partial charge < -0.3 is 15.6 Å². The van der Waals surface area contributed by atoms with E-state index < -0.39 is 11.9 Å². The van der Waals surface area contributed by atoms with Crippen molar-refractivity contribution in [3.8, 4) is 5.75 Å². The molecule has 0 heterocycles. The third-order valence-corrected chi connectivity index (χ3v) is 6.07. The van der Waals surface area contributed by atoms with E-state index in [2.05, 4.69) is 0 Å². The van der Waals surface area contributed by atoms with Crippen LogP contribution in [0.15, 0.2) is 54.6 Å². The SMILES string of the molecule is NC[C@H]1CC[C@H](C(=O)Oc2ccc(C(CCC(=O)c3ccccc3)C(=O)O)cc2)CC1. The van der Waals surface area contributed by atoms with Crippen molar-refractivity contribution in [2.24, 2.45) is 17.6 Å². The van der Waals surface area contributed by atoms with Gasteiger partial charge in [0.15, 0.2) is 5.78 Å². The monoisotopic (exact) mass is 423 g/mol. The molecule has 0 bridgehead atoms. The molecule has 2 aromatic rings. The number of rotatable bonds is 9. The van der Waals surface area contributed by atoms with E-state index in [9.17, 15) is 19.5 Å². The van der Waals surface area contributed by atoms with Crippen LogP contribution >= 0.6 is 0 Å². The third-order valence-electron chi connectivity index (χ3n) is 6.07. The van der Waals surface area contributed by atoms with Crippen LogP contribution in [0.5, 0.6) is 5.75 Å². The molecular formula is C25H29NO5. The molecule has 1 saturated carbocycles. The molecule has 0 saturated heterocycles. The molecule has 31 heavy (non-hydrogen) atoms. The fourth-order valence-corrected chi connectivity index (χ4v) is 4.08. The molecule has 0 spiro atoms. The molecule has 1 aliphatic rings. The van der Waals surface area contributed by atoms with Crippen LogP contribution < -0.4 is 10.5 Å². The first-order valence-electron chi connectivity index (χ1n) is 10.8. The second kappa shape index (κ2) is 10.9. The number of carbonyl (C=O) groups is 3. The number of hydrogen-bond acceptors (Lipinski definition) is 5. The summed E-state index contributed by atoms with van der Waals surface area (Å²) in [7, 11) is 0. The zero-order valence-corrected chi connectivity index (χ0v) is 17.5. The molecule has 1 fully saturated rings. The molecule has 1 unspecified atom stereocenters. The van der Waals surface area contributed by atoms with E-state index in [0.717, 1.165) is 25.7 Å². The summed E-state index contributed by atoms with van der Waals surface area (Å²) < 4.78 is 5.50. The van der Waals surface area contributed by atoms with Crippen molar-refractivity contribution in [2.75, 3.05) is 6.54 Å². The summed E-state index contributed by atoms with van der Waals surface area (Å²) in [5.74, 6) is -1.33. The van der Waals surface area contributed by atoms with Gasteiger partial charge in [-0.25, -0.2) is 0 Å². The van der Waals surface area contributed by atoms with Gasteiger partial charge >= 0.3 is 11.9 Å². The molecule has 2 aromatic carbocycles. The highest BCUT2D eigenvalue weighted by atomic mass is 16.5. The number of carboxylic acids is 1. The Labute approximate surface area is 182 Å². The standard InChI is InChI=1S/C25H29NO5/c26-16-17-6-8-20(9-7-17)25(30)31-21-12-10-18(11-13-21)22(24(28)29)14-15-23(27)19-4-2-1-3-5-19/h1-5,10-13,17,20,22H,6-9,14-16,26H2,(H,28,29)/t17-,20-,22?. The van der Waals surface area contributed by atoms with E-state index in [4.69, 9.17) is 10.5 Å². The maximum atomic E-state index is 12.4. The number of ether oxygens (including phenoxy) is 1. The van der Waals surface area contributed by atoms with Gasteiger partial charge in [-0.2, -0.15) is 0 Å². The average molecular weight is 424 g/mol. The third kappa shape index (κ3) is 6.25. The zero-order chi connectivity index (χ0) is 22.2. The largest absolute Gasteiger partial charge is 0.481 e. The maximum absolute atomic E-state index is 12.4. The first kappa shape index (κ1) is 22.7. The van der Waals surface area contributed by atoms with Gasteiger partial charge in [0.2, 0.25) is 0 Å². The lowest BCUT2D eigenvalue weighted by atomic mass is 9.82. The van der Waals surface area contributed by atoms with E-state index in [1.165, 1.54) is 0 Å². The number of hydrogen-bond donors (Lipinski definition) is 2. The second-order valence-corrected chi connectivity index (χ2v) is 8.16. The van der Waals surface area contributed by atoms with Gasteiger partial charge in [0, 0.05) is 12.0 Å². The van der Waals surface area contributed by atoms with Gasteiger partial charge in [-0.05, 0) is 62.3 Å². The number of benzene rings is 2. The number of nitrogens with two attached hydrogens (primary N) is 1. The van der Waals surface area contributed by atoms with Crippen LogP contribution in [0.25, 0.3) is 0 Å². The molecule has 6 nitrogen and oxygen atoms in total. The molecule has 0 aliphatic heterocycles. The Morgan fingerprint density at radius 3 is 2.19 bits per heavy atom. The second-order valence-electron chi connectivity index (χ2n) is 8.16. The molecular weight excluding hydrogens is 394 g/mol. The molecule has 164 valence electrons. The summed E-state index contributed by atoms with van der Waals surface area (Å²) in [5, 5.41) is 9.63. The number of ketones is 1. The lowest BCUT2D eigenvalue weighted by molar-refractivity contribution is -0.140. The van der Waals surface area contributed by atoms with Crippen LogP contribution in [0.3, 0.4) is 0 Å². The van der Waals surface area contributed by atoms with Gasteiger partial charge in [-0.1, -0.05) is 42.5 Å². The molecule has 0 aromatic heterocycles. The number of aliphatic carboxylic acids is 1. The van der Waals surface area contributed by atoms with E-state index in [-0.39, 0.29) is 30.5 Å². The minimum Gasteiger partial charge on any atom is -0.481 e. The van der Waals surface area contributed by atoms with Crippen LogP contribution in [-0.2, 0) is 9.59 Å². The summed E-state index contributed by atoms with van der Waals surface area (Å²) in [6.07, 6.45) is 3.80. The summed E-state index contributed by atoms with van der Waals surface area (Å²) in [4.78, 5) is 36.5. The van der Waals surface area contributed by atoms with Gasteiger partial charge in [-0.15, -0.1) is 0 Å². The van der Waals surface area contributed by atoms with E-state index >= 15 is 0 Å². The quantitative estimate of drug-likeness (QED) is 0.356. The van der Waals surface area contributed by atoms with Crippen LogP contribution in [0.1, 0.15) is 60.4 Å². The van der Waals surface area contributed by atoms with Crippen molar-refractivity contribution in [1.82, 2.24) is 0 Å². The van der Waals surface area contributed by atoms with Gasteiger partial charge in [0.1, 0.15) is 5.75 Å². The van der Waals surface area contributed by atoms with Crippen molar-refractivity contribution in [3.05, 3.63) is 65.7 Å². The highest BCUT2D eigenvalue weighted by Crippen LogP contribution is 2.30. The summed E-state index contributed by atoms with van der Waals surface area (Å²) in [6.45, 7) is 0.658. The Bertz CT molecular complexity index is 886. The molecule has 0 amide bonds. The average Bonchev–Trinajstić information content (AvgIpc) is 2.80. The highest BCUT2D eigenvalue weighted by molar-refractivity contribution is 5.96. The molecule has 3 N–H and O–H groups in total. The number of carbonyl (C=O) groups excluding carboxylic acids is 2. The van der Waals surface area contributed by atoms with Crippen LogP contribution in [-0.4, -0.2) is 29.4 Å². The highest BCUT2D eigenvalue weighted by Gasteiger charge is 2.27. The zero-order valence-electron chi connectivity index (χ0n) is 17.5. The van der Waals surface area contributed by atoms with Crippen molar-refractivity contribution in [1.29, 1.82) is 0 Å². The summed E-state index contributed by atoms with van der Waals surface area (Å²) in [5.41, 5.74) is 6.86. The Morgan fingerprint density at radius 1 is 0.968 bits per heavy atom. The van der Waals surface area contributed by atoms with E-state index in [1.807, 2.05) is 6.07 Å². The van der Waals surface area contributed by atoms with Crippen LogP contribution in [0.2, 0.25) is 0 Å². The minimum absolute atomic E-state index is 0.0817. The van der Waals surface area contributed by atoms with Crippen molar-refractivity contribution < 1.29 is 24.2 Å². The predicted molar refractivity (Wildman–Crippen MR) is 117 cm³/mol. The Kier molecular flexibility index (Phi) is 7.95. The summed E-state index contributed by atoms with van der Waals surface area (Å²) >= 11 is 0. The van der Waals surface area contributed by atoms with E-state index in [1.54, 1.807) is 48.5 Å². The number of esters is 1. The first-order chi connectivity index (χ1) is 15.0. The number of Topliss-reactive ketones (excluding diaryl/α,β-unsaturated/α-hetero) is 1. The van der Waals surface area contributed by atoms with Crippen molar-refractivity contribution in [2.45, 2.75) is 44.4 Å². The molecule has 0 radical (unpaired) electrons. The maximum Gasteiger partial charge on any atom is 0.314 e. The van der Waals surface area contributed by atoms with Crippen LogP contribution in [0, 0.1) is 11.8 Å². The molecule has 6 heteroatoms. The lowest BCUT2D eigenvalue weighted by Gasteiger charge is -2.26. The molecule has 3 rings (SSSR count). The van der Waals surface area contributed by atoms with Crippen molar-refractivity contribution in [3.63, 3.8) is 0 Å². The van der Waals surface area contributed by atoms with E-state index in [0.29, 0.717) is 29.3 Å². The minimum atomic E-state index is -0.984. The topological polar surface area (TPSA) is 107 Å². The first-order valence-corrected chi connectivity index (χ1v) is 10.8. The van der Waals surface area contributed by atoms with Crippen LogP contribution in [0.4, 0.5) is 0 Å².